The van der Waals surface area contributed by atoms with Gasteiger partial charge in [0.15, 0.2) is 0 Å². The van der Waals surface area contributed by atoms with Crippen LogP contribution in [0.15, 0.2) is 59.5 Å². The highest BCUT2D eigenvalue weighted by Crippen LogP contribution is 2.31. The van der Waals surface area contributed by atoms with Gasteiger partial charge in [0.1, 0.15) is 0 Å². The summed E-state index contributed by atoms with van der Waals surface area (Å²) in [4.78, 5) is 1.39. The van der Waals surface area contributed by atoms with Crippen LogP contribution in [0, 0.1) is 0 Å². The van der Waals surface area contributed by atoms with E-state index < -0.39 is 0 Å². The van der Waals surface area contributed by atoms with Gasteiger partial charge >= 0.3 is 0 Å². The molecule has 106 valence electrons. The smallest absolute Gasteiger partial charge is 0.0328 e. The van der Waals surface area contributed by atoms with Crippen LogP contribution in [0.2, 0.25) is 0 Å². The fraction of sp³-hybridized carbons (Fsp3) is 0.333. The Hall–Kier alpha value is -1.25. The van der Waals surface area contributed by atoms with E-state index in [1.807, 2.05) is 11.8 Å². The second kappa shape index (κ2) is 8.13. The second-order valence-electron chi connectivity index (χ2n) is 4.83. The lowest BCUT2D eigenvalue weighted by Crippen LogP contribution is -2.20. The van der Waals surface area contributed by atoms with Gasteiger partial charge in [0.25, 0.3) is 0 Å². The maximum Gasteiger partial charge on any atom is 0.0328 e. The molecule has 2 rings (SSSR count). The zero-order valence-corrected chi connectivity index (χ0v) is 13.1. The number of hydrogen-bond acceptors (Lipinski definition) is 2. The third-order valence-electron chi connectivity index (χ3n) is 3.39. The zero-order valence-electron chi connectivity index (χ0n) is 12.3. The molecule has 0 aromatic heterocycles. The summed E-state index contributed by atoms with van der Waals surface area (Å²) < 4.78 is 0. The molecular weight excluding hydrogens is 262 g/mol. The highest BCUT2D eigenvalue weighted by atomic mass is 32.2. The van der Waals surface area contributed by atoms with Crippen LogP contribution in [0.5, 0.6) is 0 Å². The lowest BCUT2D eigenvalue weighted by atomic mass is 10.0. The van der Waals surface area contributed by atoms with E-state index in [-0.39, 0.29) is 0 Å². The van der Waals surface area contributed by atoms with Crippen LogP contribution in [-0.4, -0.2) is 6.54 Å². The largest absolute Gasteiger partial charge is 0.310 e. The van der Waals surface area contributed by atoms with Crippen LogP contribution in [0.25, 0.3) is 0 Å². The summed E-state index contributed by atoms with van der Waals surface area (Å²) >= 11 is 1.93. The van der Waals surface area contributed by atoms with E-state index >= 15 is 0 Å². The average Bonchev–Trinajstić information content (AvgIpc) is 2.52. The Bertz CT molecular complexity index is 510. The maximum atomic E-state index is 3.57. The molecule has 0 spiro atoms. The number of nitrogens with one attached hydrogen (secondary N) is 1. The molecule has 2 heteroatoms. The van der Waals surface area contributed by atoms with Gasteiger partial charge in [-0.2, -0.15) is 0 Å². The van der Waals surface area contributed by atoms with Crippen LogP contribution < -0.4 is 5.32 Å². The van der Waals surface area contributed by atoms with Crippen molar-refractivity contribution in [3.8, 4) is 0 Å². The first-order chi connectivity index (χ1) is 9.85. The molecule has 0 bridgehead atoms. The Morgan fingerprint density at radius 3 is 2.35 bits per heavy atom. The standard InChI is InChI=1S/C18H23NS/c1-3-17(19-4-2)16-12-8-9-13-18(16)20-14-15-10-6-5-7-11-15/h5-13,17,19H,3-4,14H2,1-2H3. The van der Waals surface area contributed by atoms with Crippen molar-refractivity contribution in [2.45, 2.75) is 37.0 Å². The average molecular weight is 285 g/mol. The first kappa shape index (κ1) is 15.1. The lowest BCUT2D eigenvalue weighted by Gasteiger charge is -2.19. The predicted molar refractivity (Wildman–Crippen MR) is 89.2 cm³/mol. The minimum absolute atomic E-state index is 0.458. The van der Waals surface area contributed by atoms with Crippen LogP contribution >= 0.6 is 11.8 Å². The topological polar surface area (TPSA) is 12.0 Å². The Kier molecular flexibility index (Phi) is 6.16. The van der Waals surface area contributed by atoms with E-state index in [9.17, 15) is 0 Å². The predicted octanol–water partition coefficient (Wildman–Crippen LogP) is 5.04. The van der Waals surface area contributed by atoms with Crippen LogP contribution in [0.4, 0.5) is 0 Å². The molecule has 0 aliphatic heterocycles. The van der Waals surface area contributed by atoms with Crippen molar-refractivity contribution >= 4 is 11.8 Å². The third-order valence-corrected chi connectivity index (χ3v) is 4.55. The van der Waals surface area contributed by atoms with Gasteiger partial charge in [-0.25, -0.2) is 0 Å². The summed E-state index contributed by atoms with van der Waals surface area (Å²) in [5.74, 6) is 1.03. The van der Waals surface area contributed by atoms with E-state index in [2.05, 4.69) is 73.8 Å². The van der Waals surface area contributed by atoms with E-state index in [0.717, 1.165) is 18.7 Å². The number of rotatable bonds is 7. The van der Waals surface area contributed by atoms with Crippen LogP contribution in [0.3, 0.4) is 0 Å². The lowest BCUT2D eigenvalue weighted by molar-refractivity contribution is 0.530. The highest BCUT2D eigenvalue weighted by Gasteiger charge is 2.12. The molecule has 0 fully saturated rings. The molecule has 2 aromatic rings. The Labute approximate surface area is 126 Å². The van der Waals surface area contributed by atoms with Gasteiger partial charge in [-0.1, -0.05) is 62.4 Å². The second-order valence-corrected chi connectivity index (χ2v) is 5.85. The fourth-order valence-corrected chi connectivity index (χ4v) is 3.42. The summed E-state index contributed by atoms with van der Waals surface area (Å²) in [6.07, 6.45) is 1.12. The van der Waals surface area contributed by atoms with Gasteiger partial charge in [0.05, 0.1) is 0 Å². The summed E-state index contributed by atoms with van der Waals surface area (Å²) in [5, 5.41) is 3.57. The molecule has 1 unspecified atom stereocenters. The molecular formula is C18H23NS. The molecule has 2 aromatic carbocycles. The molecule has 1 atom stereocenters. The minimum Gasteiger partial charge on any atom is -0.310 e. The van der Waals surface area contributed by atoms with E-state index in [1.165, 1.54) is 16.0 Å². The van der Waals surface area contributed by atoms with Crippen LogP contribution in [0.1, 0.15) is 37.4 Å². The van der Waals surface area contributed by atoms with Crippen molar-refractivity contribution in [2.24, 2.45) is 0 Å². The summed E-state index contributed by atoms with van der Waals surface area (Å²) in [5.41, 5.74) is 2.81. The Morgan fingerprint density at radius 2 is 1.65 bits per heavy atom. The van der Waals surface area contributed by atoms with Crippen molar-refractivity contribution in [2.75, 3.05) is 6.54 Å². The van der Waals surface area contributed by atoms with Gasteiger partial charge in [-0.05, 0) is 30.2 Å². The van der Waals surface area contributed by atoms with E-state index in [4.69, 9.17) is 0 Å². The van der Waals surface area contributed by atoms with Gasteiger partial charge in [-0.15, -0.1) is 11.8 Å². The third kappa shape index (κ3) is 4.12. The van der Waals surface area contributed by atoms with Crippen molar-refractivity contribution in [3.05, 3.63) is 65.7 Å². The molecule has 0 saturated carbocycles. The molecule has 0 aliphatic rings. The first-order valence-electron chi connectivity index (χ1n) is 7.34. The summed E-state index contributed by atoms with van der Waals surface area (Å²) in [7, 11) is 0. The molecule has 0 saturated heterocycles. The molecule has 0 aliphatic carbocycles. The number of hydrogen-bond donors (Lipinski definition) is 1. The molecule has 20 heavy (non-hydrogen) atoms. The van der Waals surface area contributed by atoms with Gasteiger partial charge < -0.3 is 5.32 Å². The zero-order chi connectivity index (χ0) is 14.2. The number of thioether (sulfide) groups is 1. The number of benzene rings is 2. The fourth-order valence-electron chi connectivity index (χ4n) is 2.36. The van der Waals surface area contributed by atoms with Crippen molar-refractivity contribution in [1.82, 2.24) is 5.32 Å². The molecule has 0 heterocycles. The van der Waals surface area contributed by atoms with Crippen LogP contribution in [-0.2, 0) is 5.75 Å². The normalized spacial score (nSPS) is 12.3. The monoisotopic (exact) mass is 285 g/mol. The summed E-state index contributed by atoms with van der Waals surface area (Å²) in [6.45, 7) is 5.42. The van der Waals surface area contributed by atoms with E-state index in [1.54, 1.807) is 0 Å². The molecule has 0 amide bonds. The van der Waals surface area contributed by atoms with Crippen molar-refractivity contribution in [1.29, 1.82) is 0 Å². The molecule has 1 N–H and O–H groups in total. The Balaban J connectivity index is 2.11. The molecule has 0 radical (unpaired) electrons. The maximum absolute atomic E-state index is 3.57. The van der Waals surface area contributed by atoms with Gasteiger partial charge in [-0.3, -0.25) is 0 Å². The van der Waals surface area contributed by atoms with Gasteiger partial charge in [0.2, 0.25) is 0 Å². The van der Waals surface area contributed by atoms with Crippen molar-refractivity contribution < 1.29 is 0 Å². The molecule has 1 nitrogen and oxygen atoms in total. The minimum atomic E-state index is 0.458. The highest BCUT2D eigenvalue weighted by molar-refractivity contribution is 7.98. The van der Waals surface area contributed by atoms with E-state index in [0.29, 0.717) is 6.04 Å². The van der Waals surface area contributed by atoms with Gasteiger partial charge in [0, 0.05) is 16.7 Å². The Morgan fingerprint density at radius 1 is 0.950 bits per heavy atom. The SMILES string of the molecule is CCNC(CC)c1ccccc1SCc1ccccc1. The first-order valence-corrected chi connectivity index (χ1v) is 8.32. The quantitative estimate of drug-likeness (QED) is 0.715. The van der Waals surface area contributed by atoms with Crippen molar-refractivity contribution in [3.63, 3.8) is 0 Å². The summed E-state index contributed by atoms with van der Waals surface area (Å²) in [6, 6.07) is 19.9.